The Labute approximate surface area is 132 Å². The van der Waals surface area contributed by atoms with Crippen LogP contribution in [0.15, 0.2) is 24.3 Å². The van der Waals surface area contributed by atoms with E-state index < -0.39 is 16.0 Å². The zero-order valence-electron chi connectivity index (χ0n) is 12.9. The van der Waals surface area contributed by atoms with Gasteiger partial charge in [-0.1, -0.05) is 38.7 Å². The average Bonchev–Trinajstić information content (AvgIpc) is 2.87. The monoisotopic (exact) mass is 327 g/mol. The quantitative estimate of drug-likeness (QED) is 0.529. The minimum atomic E-state index is -4.15. The van der Waals surface area contributed by atoms with Crippen LogP contribution in [0.5, 0.6) is 0 Å². The average molecular weight is 327 g/mol. The van der Waals surface area contributed by atoms with Crippen LogP contribution in [0.2, 0.25) is 0 Å². The van der Waals surface area contributed by atoms with E-state index in [1.807, 2.05) is 24.3 Å². The highest BCUT2D eigenvalue weighted by Gasteiger charge is 2.49. The molecule has 1 aliphatic rings. The molecular formula is C18H22F3S+. The molecule has 0 nitrogen and oxygen atoms in total. The summed E-state index contributed by atoms with van der Waals surface area (Å²) < 4.78 is 41.7. The molecule has 1 unspecified atom stereocenters. The van der Waals surface area contributed by atoms with E-state index in [2.05, 4.69) is 6.92 Å². The summed E-state index contributed by atoms with van der Waals surface area (Å²) in [6.45, 7) is 2.06. The fraction of sp³-hybridized carbons (Fsp3) is 0.556. The van der Waals surface area contributed by atoms with Crippen LogP contribution in [-0.2, 0) is 11.9 Å². The van der Waals surface area contributed by atoms with Gasteiger partial charge in [-0.2, -0.15) is 0 Å². The van der Waals surface area contributed by atoms with Crippen LogP contribution in [-0.4, -0.2) is 0 Å². The molecule has 1 aromatic carbocycles. The predicted molar refractivity (Wildman–Crippen MR) is 87.5 cm³/mol. The summed E-state index contributed by atoms with van der Waals surface area (Å²) in [5, 5.41) is 0.793. The molecule has 0 radical (unpaired) electrons. The molecule has 1 atom stereocenters. The number of fused-ring (bicyclic) bond motifs is 1. The van der Waals surface area contributed by atoms with Gasteiger partial charge in [-0.15, -0.1) is 13.2 Å². The standard InChI is InChI=1S/C18H22F3S/c1-2-6-13-9-10-15-12-17(14-7-4-3-5-8-14)22(16(15)11-13)18(19,20)21/h9-12,14H,2-8H2,1H3/q+1. The Hall–Kier alpha value is -1.03. The molecular weight excluding hydrogens is 305 g/mol. The first-order chi connectivity index (χ1) is 10.5. The van der Waals surface area contributed by atoms with Gasteiger partial charge in [-0.3, -0.25) is 0 Å². The van der Waals surface area contributed by atoms with E-state index >= 15 is 0 Å². The van der Waals surface area contributed by atoms with Crippen molar-refractivity contribution in [1.82, 2.24) is 0 Å². The number of benzene rings is 1. The molecule has 4 heteroatoms. The summed E-state index contributed by atoms with van der Waals surface area (Å²) in [6, 6.07) is 7.53. The van der Waals surface area contributed by atoms with Gasteiger partial charge in [0.1, 0.15) is 0 Å². The fourth-order valence-electron chi connectivity index (χ4n) is 3.59. The smallest absolute Gasteiger partial charge is 0.118 e. The molecule has 0 spiro atoms. The van der Waals surface area contributed by atoms with E-state index in [0.29, 0.717) is 9.58 Å². The zero-order chi connectivity index (χ0) is 15.7. The van der Waals surface area contributed by atoms with E-state index in [-0.39, 0.29) is 5.92 Å². The van der Waals surface area contributed by atoms with E-state index in [0.717, 1.165) is 55.9 Å². The van der Waals surface area contributed by atoms with E-state index in [4.69, 9.17) is 0 Å². The molecule has 3 rings (SSSR count). The summed E-state index contributed by atoms with van der Waals surface area (Å²) in [4.78, 5) is 0.649. The molecule has 0 amide bonds. The predicted octanol–water partition coefficient (Wildman–Crippen LogP) is 7.07. The van der Waals surface area contributed by atoms with Gasteiger partial charge in [0.2, 0.25) is 0 Å². The molecule has 120 valence electrons. The van der Waals surface area contributed by atoms with Gasteiger partial charge >= 0.3 is 5.51 Å². The second kappa shape index (κ2) is 6.23. The number of halogens is 3. The lowest BCUT2D eigenvalue weighted by Crippen LogP contribution is -2.06. The highest BCUT2D eigenvalue weighted by atomic mass is 32.2. The van der Waals surface area contributed by atoms with Gasteiger partial charge in [-0.05, 0) is 30.9 Å². The molecule has 0 aliphatic heterocycles. The molecule has 1 fully saturated rings. The van der Waals surface area contributed by atoms with E-state index in [1.165, 1.54) is 0 Å². The number of hydrogen-bond donors (Lipinski definition) is 0. The molecule has 2 aromatic rings. The Bertz CT molecular complexity index is 648. The number of alkyl halides is 3. The number of rotatable bonds is 3. The van der Waals surface area contributed by atoms with Crippen LogP contribution >= 0.6 is 10.5 Å². The number of hydrogen-bond acceptors (Lipinski definition) is 0. The maximum absolute atomic E-state index is 13.7. The van der Waals surface area contributed by atoms with Crippen molar-refractivity contribution >= 4 is 20.6 Å². The maximum Gasteiger partial charge on any atom is 0.600 e. The first-order valence-electron chi connectivity index (χ1n) is 8.16. The van der Waals surface area contributed by atoms with Gasteiger partial charge in [0, 0.05) is 23.4 Å². The van der Waals surface area contributed by atoms with Gasteiger partial charge in [-0.25, -0.2) is 0 Å². The normalized spacial score (nSPS) is 18.1. The van der Waals surface area contributed by atoms with Crippen molar-refractivity contribution in [1.29, 1.82) is 0 Å². The molecule has 0 bridgehead atoms. The summed E-state index contributed by atoms with van der Waals surface area (Å²) in [5.74, 6) is 0.126. The van der Waals surface area contributed by atoms with Gasteiger partial charge in [0.15, 0.2) is 9.58 Å². The topological polar surface area (TPSA) is 0 Å². The highest BCUT2D eigenvalue weighted by molar-refractivity contribution is 7.38. The lowest BCUT2D eigenvalue weighted by Gasteiger charge is -2.18. The molecule has 0 saturated heterocycles. The van der Waals surface area contributed by atoms with Crippen LogP contribution < -0.4 is 0 Å². The third-order valence-electron chi connectivity index (χ3n) is 4.61. The molecule has 0 N–H and O–H groups in total. The molecule has 1 heterocycles. The largest absolute Gasteiger partial charge is 0.600 e. The van der Waals surface area contributed by atoms with Crippen molar-refractivity contribution in [3.8, 4) is 0 Å². The maximum atomic E-state index is 13.7. The first kappa shape index (κ1) is 15.9. The molecule has 22 heavy (non-hydrogen) atoms. The summed E-state index contributed by atoms with van der Waals surface area (Å²) >= 11 is 0. The molecule has 1 aromatic heterocycles. The van der Waals surface area contributed by atoms with Crippen molar-refractivity contribution < 1.29 is 13.2 Å². The van der Waals surface area contributed by atoms with Crippen molar-refractivity contribution in [2.24, 2.45) is 0 Å². The summed E-state index contributed by atoms with van der Waals surface area (Å²) in [5.41, 5.74) is -3.12. The zero-order valence-corrected chi connectivity index (χ0v) is 13.7. The summed E-state index contributed by atoms with van der Waals surface area (Å²) in [7, 11) is -1.71. The van der Waals surface area contributed by atoms with Crippen molar-refractivity contribution in [2.75, 3.05) is 0 Å². The van der Waals surface area contributed by atoms with Crippen molar-refractivity contribution in [2.45, 2.75) is 63.3 Å². The Kier molecular flexibility index (Phi) is 4.49. The summed E-state index contributed by atoms with van der Waals surface area (Å²) in [6.07, 6.45) is 6.94. The van der Waals surface area contributed by atoms with Crippen molar-refractivity contribution in [3.05, 3.63) is 34.7 Å². The van der Waals surface area contributed by atoms with Gasteiger partial charge in [0.05, 0.1) is 10.5 Å². The Morgan fingerprint density at radius 3 is 2.45 bits per heavy atom. The van der Waals surface area contributed by atoms with E-state index in [9.17, 15) is 13.2 Å². The number of aryl methyl sites for hydroxylation is 1. The lowest BCUT2D eigenvalue weighted by atomic mass is 9.88. The molecule has 1 aliphatic carbocycles. The van der Waals surface area contributed by atoms with E-state index in [1.54, 1.807) is 0 Å². The Morgan fingerprint density at radius 2 is 1.82 bits per heavy atom. The third kappa shape index (κ3) is 3.03. The van der Waals surface area contributed by atoms with Crippen LogP contribution in [0.3, 0.4) is 0 Å². The van der Waals surface area contributed by atoms with Crippen LogP contribution in [0.25, 0.3) is 10.1 Å². The minimum absolute atomic E-state index is 0.126. The minimum Gasteiger partial charge on any atom is -0.118 e. The Balaban J connectivity index is 2.14. The van der Waals surface area contributed by atoms with Crippen LogP contribution in [0, 0.1) is 0 Å². The second-order valence-electron chi connectivity index (χ2n) is 6.26. The SMILES string of the molecule is CCCc1ccc2cc(C3CCCCC3)[s+](C(F)(F)F)c2c1. The Morgan fingerprint density at radius 1 is 1.09 bits per heavy atom. The lowest BCUT2D eigenvalue weighted by molar-refractivity contribution is -0.0868. The number of thiophene rings is 1. The van der Waals surface area contributed by atoms with Gasteiger partial charge in [0.25, 0.3) is 0 Å². The van der Waals surface area contributed by atoms with Crippen LogP contribution in [0.1, 0.15) is 61.8 Å². The van der Waals surface area contributed by atoms with Gasteiger partial charge < -0.3 is 0 Å². The fourth-order valence-corrected chi connectivity index (χ4v) is 5.80. The highest BCUT2D eigenvalue weighted by Crippen LogP contribution is 2.55. The first-order valence-corrected chi connectivity index (χ1v) is 9.39. The van der Waals surface area contributed by atoms with Crippen molar-refractivity contribution in [3.63, 3.8) is 0 Å². The second-order valence-corrected chi connectivity index (χ2v) is 8.24. The van der Waals surface area contributed by atoms with Crippen LogP contribution in [0.4, 0.5) is 13.2 Å². The molecule has 1 saturated carbocycles. The third-order valence-corrected chi connectivity index (χ3v) is 6.79.